The minimum Gasteiger partial charge on any atom is -0.383 e. The van der Waals surface area contributed by atoms with Crippen molar-refractivity contribution in [3.63, 3.8) is 0 Å². The fraction of sp³-hybridized carbons (Fsp3) is 0.429. The van der Waals surface area contributed by atoms with Gasteiger partial charge < -0.3 is 15.0 Å². The van der Waals surface area contributed by atoms with Gasteiger partial charge in [-0.05, 0) is 12.1 Å². The third kappa shape index (κ3) is 3.75. The Morgan fingerprint density at radius 3 is 2.67 bits per heavy atom. The third-order valence-electron chi connectivity index (χ3n) is 3.26. The molecule has 1 N–H and O–H groups in total. The maximum absolute atomic E-state index is 13.2. The molecule has 0 radical (unpaired) electrons. The molecule has 1 heterocycles. The maximum atomic E-state index is 13.2. The lowest BCUT2D eigenvalue weighted by Gasteiger charge is -2.17. The largest absolute Gasteiger partial charge is 0.383 e. The van der Waals surface area contributed by atoms with Crippen LogP contribution in [0.25, 0.3) is 0 Å². The maximum Gasteiger partial charge on any atom is 0.227 e. The molecule has 0 spiro atoms. The van der Waals surface area contributed by atoms with Gasteiger partial charge in [-0.1, -0.05) is 0 Å². The quantitative estimate of drug-likeness (QED) is 0.828. The monoisotopic (exact) mass is 298 g/mol. The number of halogens is 2. The Labute approximate surface area is 120 Å². The molecule has 114 valence electrons. The van der Waals surface area contributed by atoms with Gasteiger partial charge in [0.25, 0.3) is 0 Å². The van der Waals surface area contributed by atoms with Crippen molar-refractivity contribution < 1.29 is 23.1 Å². The Bertz CT molecular complexity index is 531. The number of carbonyl (C=O) groups is 2. The lowest BCUT2D eigenvalue weighted by Crippen LogP contribution is -2.34. The molecule has 1 fully saturated rings. The predicted molar refractivity (Wildman–Crippen MR) is 71.7 cm³/mol. The summed E-state index contributed by atoms with van der Waals surface area (Å²) in [6.07, 6.45) is 0.0247. The van der Waals surface area contributed by atoms with Crippen LogP contribution in [-0.2, 0) is 14.3 Å². The van der Waals surface area contributed by atoms with E-state index in [2.05, 4.69) is 5.32 Å². The van der Waals surface area contributed by atoms with Gasteiger partial charge in [0, 0.05) is 38.4 Å². The Hall–Kier alpha value is -2.02. The molecular formula is C14H16F2N2O3. The summed E-state index contributed by atoms with van der Waals surface area (Å²) in [5, 5.41) is 2.65. The number of hydrogen-bond donors (Lipinski definition) is 1. The van der Waals surface area contributed by atoms with Gasteiger partial charge in [0.05, 0.1) is 12.5 Å². The fourth-order valence-electron chi connectivity index (χ4n) is 2.25. The van der Waals surface area contributed by atoms with Crippen molar-refractivity contribution >= 4 is 17.5 Å². The Morgan fingerprint density at radius 2 is 2.05 bits per heavy atom. The minimum atomic E-state index is -0.759. The lowest BCUT2D eigenvalue weighted by atomic mass is 10.1. The summed E-state index contributed by atoms with van der Waals surface area (Å²) in [5.41, 5.74) is 0.129. The molecule has 2 rings (SSSR count). The number of nitrogens with zero attached hydrogens (tertiary/aromatic N) is 1. The van der Waals surface area contributed by atoms with Crippen LogP contribution in [0.1, 0.15) is 6.42 Å². The molecule has 5 nitrogen and oxygen atoms in total. The molecule has 0 bridgehead atoms. The summed E-state index contributed by atoms with van der Waals surface area (Å²) >= 11 is 0. The highest BCUT2D eigenvalue weighted by Gasteiger charge is 2.35. The lowest BCUT2D eigenvalue weighted by molar-refractivity contribution is -0.126. The average Bonchev–Trinajstić information content (AvgIpc) is 2.80. The number of benzene rings is 1. The number of carbonyl (C=O) groups excluding carboxylic acids is 2. The van der Waals surface area contributed by atoms with Crippen molar-refractivity contribution in [1.82, 2.24) is 5.32 Å². The van der Waals surface area contributed by atoms with Crippen LogP contribution in [0.5, 0.6) is 0 Å². The van der Waals surface area contributed by atoms with E-state index in [1.165, 1.54) is 12.0 Å². The van der Waals surface area contributed by atoms with Gasteiger partial charge in [-0.2, -0.15) is 0 Å². The van der Waals surface area contributed by atoms with Crippen molar-refractivity contribution in [1.29, 1.82) is 0 Å². The average molecular weight is 298 g/mol. The van der Waals surface area contributed by atoms with Crippen molar-refractivity contribution in [2.45, 2.75) is 6.42 Å². The fourth-order valence-corrected chi connectivity index (χ4v) is 2.25. The third-order valence-corrected chi connectivity index (χ3v) is 3.26. The Kier molecular flexibility index (Phi) is 4.85. The topological polar surface area (TPSA) is 58.6 Å². The predicted octanol–water partition coefficient (Wildman–Crippen LogP) is 1.08. The van der Waals surface area contributed by atoms with Crippen LogP contribution in [0.3, 0.4) is 0 Å². The smallest absolute Gasteiger partial charge is 0.227 e. The first-order valence-corrected chi connectivity index (χ1v) is 6.54. The van der Waals surface area contributed by atoms with Crippen LogP contribution in [0, 0.1) is 17.6 Å². The van der Waals surface area contributed by atoms with Crippen LogP contribution in [0.4, 0.5) is 14.5 Å². The van der Waals surface area contributed by atoms with Gasteiger partial charge in [0.2, 0.25) is 11.8 Å². The van der Waals surface area contributed by atoms with Crippen LogP contribution >= 0.6 is 0 Å². The molecule has 21 heavy (non-hydrogen) atoms. The second kappa shape index (κ2) is 6.62. The first-order chi connectivity index (χ1) is 10.0. The van der Waals surface area contributed by atoms with E-state index in [0.29, 0.717) is 13.2 Å². The highest BCUT2D eigenvalue weighted by molar-refractivity contribution is 6.00. The summed E-state index contributed by atoms with van der Waals surface area (Å²) < 4.78 is 31.2. The molecule has 1 unspecified atom stereocenters. The highest BCUT2D eigenvalue weighted by atomic mass is 19.1. The standard InChI is InChI=1S/C14H16F2N2O3/c1-21-3-2-17-14(20)9-4-13(19)18(8-9)12-6-10(15)5-11(16)7-12/h5-7,9H,2-4,8H2,1H3,(H,17,20). The molecule has 2 amide bonds. The first-order valence-electron chi connectivity index (χ1n) is 6.54. The SMILES string of the molecule is COCCNC(=O)C1CC(=O)N(c2cc(F)cc(F)c2)C1. The summed E-state index contributed by atoms with van der Waals surface area (Å²) in [6.45, 7) is 0.848. The molecular weight excluding hydrogens is 282 g/mol. The van der Waals surface area contributed by atoms with Crippen LogP contribution in [0.2, 0.25) is 0 Å². The molecule has 1 atom stereocenters. The molecule has 1 aromatic rings. The molecule has 0 aromatic heterocycles. The zero-order valence-corrected chi connectivity index (χ0v) is 11.6. The normalized spacial score (nSPS) is 18.1. The van der Waals surface area contributed by atoms with Crippen LogP contribution < -0.4 is 10.2 Å². The number of methoxy groups -OCH3 is 1. The molecule has 1 saturated heterocycles. The van der Waals surface area contributed by atoms with Gasteiger partial charge in [-0.25, -0.2) is 8.78 Å². The second-order valence-corrected chi connectivity index (χ2v) is 4.82. The van der Waals surface area contributed by atoms with Gasteiger partial charge in [-0.15, -0.1) is 0 Å². The first kappa shape index (κ1) is 15.4. The zero-order chi connectivity index (χ0) is 15.4. The van der Waals surface area contributed by atoms with Gasteiger partial charge in [-0.3, -0.25) is 9.59 Å². The molecule has 0 saturated carbocycles. The zero-order valence-electron chi connectivity index (χ0n) is 11.6. The molecule has 7 heteroatoms. The summed E-state index contributed by atoms with van der Waals surface area (Å²) in [7, 11) is 1.52. The summed E-state index contributed by atoms with van der Waals surface area (Å²) in [4.78, 5) is 25.0. The van der Waals surface area contributed by atoms with Crippen molar-refractivity contribution in [2.24, 2.45) is 5.92 Å². The number of ether oxygens (including phenoxy) is 1. The molecule has 0 aliphatic carbocycles. The van der Waals surface area contributed by atoms with E-state index in [0.717, 1.165) is 18.2 Å². The van der Waals surface area contributed by atoms with Gasteiger partial charge in [0.1, 0.15) is 11.6 Å². The van der Waals surface area contributed by atoms with E-state index in [-0.39, 0.29) is 30.5 Å². The van der Waals surface area contributed by atoms with E-state index in [1.54, 1.807) is 0 Å². The van der Waals surface area contributed by atoms with Crippen LogP contribution in [-0.4, -0.2) is 38.6 Å². The minimum absolute atomic E-state index is 0.0247. The van der Waals surface area contributed by atoms with E-state index in [1.807, 2.05) is 0 Å². The van der Waals surface area contributed by atoms with Crippen LogP contribution in [0.15, 0.2) is 18.2 Å². The number of hydrogen-bond acceptors (Lipinski definition) is 3. The molecule has 1 aromatic carbocycles. The van der Waals surface area contributed by atoms with Crippen molar-refractivity contribution in [3.8, 4) is 0 Å². The summed E-state index contributed by atoms with van der Waals surface area (Å²) in [5.74, 6) is -2.64. The van der Waals surface area contributed by atoms with E-state index >= 15 is 0 Å². The van der Waals surface area contributed by atoms with Crippen molar-refractivity contribution in [2.75, 3.05) is 31.7 Å². The van der Waals surface area contributed by atoms with Crippen molar-refractivity contribution in [3.05, 3.63) is 29.8 Å². The highest BCUT2D eigenvalue weighted by Crippen LogP contribution is 2.26. The Morgan fingerprint density at radius 1 is 1.38 bits per heavy atom. The van der Waals surface area contributed by atoms with E-state index in [4.69, 9.17) is 4.74 Å². The van der Waals surface area contributed by atoms with Gasteiger partial charge >= 0.3 is 0 Å². The number of nitrogens with one attached hydrogen (secondary N) is 1. The van der Waals surface area contributed by atoms with E-state index in [9.17, 15) is 18.4 Å². The second-order valence-electron chi connectivity index (χ2n) is 4.82. The van der Waals surface area contributed by atoms with E-state index < -0.39 is 17.6 Å². The Balaban J connectivity index is 2.04. The number of rotatable bonds is 5. The summed E-state index contributed by atoms with van der Waals surface area (Å²) in [6, 6.07) is 2.89. The van der Waals surface area contributed by atoms with Gasteiger partial charge in [0.15, 0.2) is 0 Å². The number of anilines is 1. The molecule has 1 aliphatic rings. The molecule has 1 aliphatic heterocycles. The number of amides is 2.